The molecule has 1 heterocycles. The van der Waals surface area contributed by atoms with Crippen LogP contribution in [0.1, 0.15) is 15.2 Å². The maximum Gasteiger partial charge on any atom is 0.250 e. The van der Waals surface area contributed by atoms with Gasteiger partial charge in [-0.3, -0.25) is 4.79 Å². The molecule has 0 spiro atoms. The van der Waals surface area contributed by atoms with Crippen molar-refractivity contribution < 1.29 is 4.79 Å². The van der Waals surface area contributed by atoms with Crippen molar-refractivity contribution in [2.75, 3.05) is 17.7 Å². The van der Waals surface area contributed by atoms with Crippen LogP contribution < -0.4 is 16.4 Å². The van der Waals surface area contributed by atoms with Gasteiger partial charge < -0.3 is 16.4 Å². The van der Waals surface area contributed by atoms with Gasteiger partial charge in [0.1, 0.15) is 0 Å². The average Bonchev–Trinajstić information content (AvgIpc) is 2.81. The number of halogens is 1. The molecule has 0 saturated heterocycles. The van der Waals surface area contributed by atoms with E-state index in [2.05, 4.69) is 22.0 Å². The van der Waals surface area contributed by atoms with E-state index < -0.39 is 5.91 Å². The number of primary amides is 1. The molecule has 1 aromatic heterocycles. The van der Waals surface area contributed by atoms with Gasteiger partial charge >= 0.3 is 0 Å². The van der Waals surface area contributed by atoms with Crippen LogP contribution in [0.3, 0.4) is 0 Å². The number of nitrogens with two attached hydrogens (primary N) is 2. The molecule has 0 aliphatic rings. The molecule has 4 N–H and O–H groups in total. The lowest BCUT2D eigenvalue weighted by Crippen LogP contribution is -2.19. The Balaban J connectivity index is 2.33. The Labute approximate surface area is 124 Å². The number of hydrogen-bond acceptors (Lipinski definition) is 4. The molecule has 1 amide bonds. The molecule has 4 nitrogen and oxygen atoms in total. The second-order valence-corrected chi connectivity index (χ2v) is 6.08. The second-order valence-electron chi connectivity index (χ2n) is 4.19. The highest BCUT2D eigenvalue weighted by Gasteiger charge is 2.13. The maximum absolute atomic E-state index is 11.3. The predicted molar refractivity (Wildman–Crippen MR) is 83.5 cm³/mol. The standard InChI is InChI=1S/C13H14BrN3OS/c1-17(7-8-3-2-4-19-8)12-5-9(13(16)18)11(15)6-10(12)14/h2-6H,7,15H2,1H3,(H2,16,18). The molecule has 2 rings (SSSR count). The monoisotopic (exact) mass is 339 g/mol. The van der Waals surface area contributed by atoms with Crippen molar-refractivity contribution in [1.82, 2.24) is 0 Å². The third-order valence-corrected chi connectivity index (χ3v) is 4.27. The third kappa shape index (κ3) is 3.08. The zero-order valence-corrected chi connectivity index (χ0v) is 12.8. The SMILES string of the molecule is CN(Cc1cccs1)c1cc(C(N)=O)c(N)cc1Br. The van der Waals surface area contributed by atoms with Crippen LogP contribution in [0, 0.1) is 0 Å². The van der Waals surface area contributed by atoms with Gasteiger partial charge in [0.15, 0.2) is 0 Å². The van der Waals surface area contributed by atoms with Crippen LogP contribution >= 0.6 is 27.3 Å². The Kier molecular flexibility index (Phi) is 4.11. The molecule has 1 aromatic carbocycles. The first-order valence-electron chi connectivity index (χ1n) is 5.61. The Hall–Kier alpha value is -1.53. The summed E-state index contributed by atoms with van der Waals surface area (Å²) in [7, 11) is 1.96. The zero-order chi connectivity index (χ0) is 14.0. The lowest BCUT2D eigenvalue weighted by molar-refractivity contribution is 0.100. The minimum Gasteiger partial charge on any atom is -0.398 e. The van der Waals surface area contributed by atoms with E-state index in [1.54, 1.807) is 23.5 Å². The molecule has 0 fully saturated rings. The average molecular weight is 340 g/mol. The summed E-state index contributed by atoms with van der Waals surface area (Å²) in [6, 6.07) is 7.51. The highest BCUT2D eigenvalue weighted by Crippen LogP contribution is 2.31. The van der Waals surface area contributed by atoms with E-state index >= 15 is 0 Å². The van der Waals surface area contributed by atoms with Crippen molar-refractivity contribution in [2.24, 2.45) is 5.73 Å². The molecule has 0 aliphatic heterocycles. The van der Waals surface area contributed by atoms with Crippen LogP contribution in [0.25, 0.3) is 0 Å². The van der Waals surface area contributed by atoms with Gasteiger partial charge in [-0.1, -0.05) is 6.07 Å². The maximum atomic E-state index is 11.3. The Morgan fingerprint density at radius 3 is 2.79 bits per heavy atom. The summed E-state index contributed by atoms with van der Waals surface area (Å²) in [5.41, 5.74) is 12.7. The number of thiophene rings is 1. The third-order valence-electron chi connectivity index (χ3n) is 2.77. The summed E-state index contributed by atoms with van der Waals surface area (Å²) in [6.07, 6.45) is 0. The summed E-state index contributed by atoms with van der Waals surface area (Å²) in [5.74, 6) is -0.518. The molecule has 0 aliphatic carbocycles. The van der Waals surface area contributed by atoms with E-state index in [-0.39, 0.29) is 0 Å². The van der Waals surface area contributed by atoms with Crippen LogP contribution in [0.2, 0.25) is 0 Å². The first kappa shape index (κ1) is 13.9. The van der Waals surface area contributed by atoms with E-state index in [1.165, 1.54) is 4.88 Å². The Morgan fingerprint density at radius 1 is 1.47 bits per heavy atom. The van der Waals surface area contributed by atoms with Crippen LogP contribution in [0.5, 0.6) is 0 Å². The number of rotatable bonds is 4. The van der Waals surface area contributed by atoms with Crippen molar-refractivity contribution in [3.8, 4) is 0 Å². The fourth-order valence-electron chi connectivity index (χ4n) is 1.80. The quantitative estimate of drug-likeness (QED) is 0.841. The highest BCUT2D eigenvalue weighted by atomic mass is 79.9. The summed E-state index contributed by atoms with van der Waals surface area (Å²) >= 11 is 5.16. The van der Waals surface area contributed by atoms with Crippen molar-refractivity contribution in [1.29, 1.82) is 0 Å². The second kappa shape index (κ2) is 5.63. The first-order valence-corrected chi connectivity index (χ1v) is 7.28. The van der Waals surface area contributed by atoms with Crippen molar-refractivity contribution >= 4 is 44.5 Å². The van der Waals surface area contributed by atoms with Crippen LogP contribution in [0.4, 0.5) is 11.4 Å². The molecule has 0 radical (unpaired) electrons. The minimum atomic E-state index is -0.518. The number of benzene rings is 1. The molecule has 100 valence electrons. The Morgan fingerprint density at radius 2 is 2.21 bits per heavy atom. The van der Waals surface area contributed by atoms with Crippen LogP contribution in [-0.4, -0.2) is 13.0 Å². The molecular formula is C13H14BrN3OS. The number of hydrogen-bond donors (Lipinski definition) is 2. The lowest BCUT2D eigenvalue weighted by Gasteiger charge is -2.21. The molecular weight excluding hydrogens is 326 g/mol. The number of amides is 1. The van der Waals surface area contributed by atoms with Gasteiger partial charge in [-0.05, 0) is 39.5 Å². The Bertz CT molecular complexity index is 598. The van der Waals surface area contributed by atoms with Crippen LogP contribution in [-0.2, 0) is 6.54 Å². The number of carbonyl (C=O) groups is 1. The molecule has 0 bridgehead atoms. The molecule has 0 saturated carbocycles. The van der Waals surface area contributed by atoms with E-state index in [9.17, 15) is 4.79 Å². The molecule has 6 heteroatoms. The smallest absolute Gasteiger partial charge is 0.250 e. The van der Waals surface area contributed by atoms with Gasteiger partial charge in [-0.2, -0.15) is 0 Å². The minimum absolute atomic E-state index is 0.344. The predicted octanol–water partition coefficient (Wildman–Crippen LogP) is 2.83. The molecule has 19 heavy (non-hydrogen) atoms. The topological polar surface area (TPSA) is 72.3 Å². The largest absolute Gasteiger partial charge is 0.398 e. The van der Waals surface area contributed by atoms with Gasteiger partial charge in [0.05, 0.1) is 17.8 Å². The van der Waals surface area contributed by atoms with Gasteiger partial charge in [0, 0.05) is 22.1 Å². The zero-order valence-electron chi connectivity index (χ0n) is 10.4. The fraction of sp³-hybridized carbons (Fsp3) is 0.154. The molecule has 0 unspecified atom stereocenters. The van der Waals surface area contributed by atoms with E-state index in [0.29, 0.717) is 11.3 Å². The van der Waals surface area contributed by atoms with Gasteiger partial charge in [-0.25, -0.2) is 0 Å². The summed E-state index contributed by atoms with van der Waals surface area (Å²) in [6.45, 7) is 0.762. The van der Waals surface area contributed by atoms with Crippen molar-refractivity contribution in [3.63, 3.8) is 0 Å². The molecule has 0 atom stereocenters. The van der Waals surface area contributed by atoms with Crippen LogP contribution in [0.15, 0.2) is 34.1 Å². The van der Waals surface area contributed by atoms with Gasteiger partial charge in [-0.15, -0.1) is 11.3 Å². The van der Waals surface area contributed by atoms with Crippen molar-refractivity contribution in [3.05, 3.63) is 44.6 Å². The van der Waals surface area contributed by atoms with E-state index in [1.807, 2.05) is 23.4 Å². The van der Waals surface area contributed by atoms with Gasteiger partial charge in [0.2, 0.25) is 0 Å². The number of carbonyl (C=O) groups excluding carboxylic acids is 1. The number of nitrogens with zero attached hydrogens (tertiary/aromatic N) is 1. The molecule has 2 aromatic rings. The fourth-order valence-corrected chi connectivity index (χ4v) is 3.23. The number of anilines is 2. The number of nitrogen functional groups attached to an aromatic ring is 1. The lowest BCUT2D eigenvalue weighted by atomic mass is 10.1. The summed E-state index contributed by atoms with van der Waals surface area (Å²) < 4.78 is 0.842. The van der Waals surface area contributed by atoms with Crippen molar-refractivity contribution in [2.45, 2.75) is 6.54 Å². The van der Waals surface area contributed by atoms with E-state index in [4.69, 9.17) is 11.5 Å². The van der Waals surface area contributed by atoms with Gasteiger partial charge in [0.25, 0.3) is 5.91 Å². The highest BCUT2D eigenvalue weighted by molar-refractivity contribution is 9.10. The van der Waals surface area contributed by atoms with E-state index in [0.717, 1.165) is 16.7 Å². The first-order chi connectivity index (χ1) is 8.99. The normalized spacial score (nSPS) is 10.4. The summed E-state index contributed by atoms with van der Waals surface area (Å²) in [5, 5.41) is 2.04. The summed E-state index contributed by atoms with van der Waals surface area (Å²) in [4.78, 5) is 14.6.